The lowest BCUT2D eigenvalue weighted by molar-refractivity contribution is 0.469. The summed E-state index contributed by atoms with van der Waals surface area (Å²) in [6.07, 6.45) is 0. The molecule has 3 aromatic rings. The third-order valence-electron chi connectivity index (χ3n) is 2.95. The number of phenols is 1. The Morgan fingerprint density at radius 3 is 2.90 bits per heavy atom. The smallest absolute Gasteiger partial charge is 0.120 e. The fourth-order valence-corrected chi connectivity index (χ4v) is 3.05. The molecule has 1 aromatic heterocycles. The first-order chi connectivity index (χ1) is 9.65. The maximum atomic E-state index is 9.81. The maximum absolute atomic E-state index is 9.81. The average molecular weight is 325 g/mol. The second-order valence-corrected chi connectivity index (χ2v) is 5.98. The number of aromatic hydroxyl groups is 1. The monoisotopic (exact) mass is 324 g/mol. The predicted molar refractivity (Wildman–Crippen MR) is 85.1 cm³/mol. The summed E-state index contributed by atoms with van der Waals surface area (Å²) in [6, 6.07) is 8.72. The molecule has 0 bridgehead atoms. The van der Waals surface area contributed by atoms with E-state index < -0.39 is 0 Å². The Morgan fingerprint density at radius 1 is 1.20 bits per heavy atom. The number of fused-ring (bicyclic) bond motifs is 1. The first-order valence-corrected chi connectivity index (χ1v) is 7.51. The normalized spacial score (nSPS) is 10.9. The zero-order chi connectivity index (χ0) is 14.1. The highest BCUT2D eigenvalue weighted by Gasteiger charge is 2.09. The van der Waals surface area contributed by atoms with Gasteiger partial charge in [0.25, 0.3) is 0 Å². The molecule has 0 atom stereocenters. The highest BCUT2D eigenvalue weighted by Crippen LogP contribution is 2.33. The van der Waals surface area contributed by atoms with E-state index in [1.807, 2.05) is 12.1 Å². The number of nitrogens with one attached hydrogen (secondary N) is 1. The third kappa shape index (κ3) is 2.54. The van der Waals surface area contributed by atoms with Gasteiger partial charge in [0.05, 0.1) is 20.9 Å². The predicted octanol–water partition coefficient (Wildman–Crippen LogP) is 4.92. The third-order valence-corrected chi connectivity index (χ3v) is 4.29. The van der Waals surface area contributed by atoms with E-state index in [2.05, 4.69) is 10.3 Å². The summed E-state index contributed by atoms with van der Waals surface area (Å²) in [5, 5.41) is 14.2. The van der Waals surface area contributed by atoms with Crippen molar-refractivity contribution in [2.24, 2.45) is 0 Å². The van der Waals surface area contributed by atoms with Crippen LogP contribution >= 0.6 is 34.5 Å². The molecule has 0 unspecified atom stereocenters. The number of halogens is 2. The summed E-state index contributed by atoms with van der Waals surface area (Å²) in [7, 11) is 0. The lowest BCUT2D eigenvalue weighted by Crippen LogP contribution is -2.01. The van der Waals surface area contributed by atoms with E-state index in [1.54, 1.807) is 35.0 Å². The van der Waals surface area contributed by atoms with Crippen LogP contribution in [0.25, 0.3) is 10.2 Å². The molecule has 6 heteroatoms. The Balaban J connectivity index is 1.92. The van der Waals surface area contributed by atoms with Crippen LogP contribution in [0.3, 0.4) is 0 Å². The molecule has 2 N–H and O–H groups in total. The molecule has 0 fully saturated rings. The first kappa shape index (κ1) is 13.5. The quantitative estimate of drug-likeness (QED) is 0.718. The van der Waals surface area contributed by atoms with Gasteiger partial charge < -0.3 is 10.4 Å². The molecule has 0 aliphatic carbocycles. The van der Waals surface area contributed by atoms with E-state index in [1.165, 1.54) is 0 Å². The Morgan fingerprint density at radius 2 is 2.05 bits per heavy atom. The number of nitrogens with zero attached hydrogens (tertiary/aromatic N) is 1. The van der Waals surface area contributed by atoms with Crippen molar-refractivity contribution >= 4 is 50.4 Å². The molecule has 0 saturated carbocycles. The average Bonchev–Trinajstić information content (AvgIpc) is 2.90. The van der Waals surface area contributed by atoms with Crippen LogP contribution in [-0.4, -0.2) is 10.1 Å². The van der Waals surface area contributed by atoms with Crippen LogP contribution in [-0.2, 0) is 6.54 Å². The number of hydrogen-bond acceptors (Lipinski definition) is 4. The minimum Gasteiger partial charge on any atom is -0.508 e. The molecule has 0 spiro atoms. The van der Waals surface area contributed by atoms with Crippen LogP contribution in [0.5, 0.6) is 5.75 Å². The summed E-state index contributed by atoms with van der Waals surface area (Å²) in [5.41, 5.74) is 4.10. The van der Waals surface area contributed by atoms with Gasteiger partial charge in [0.2, 0.25) is 0 Å². The maximum Gasteiger partial charge on any atom is 0.120 e. The van der Waals surface area contributed by atoms with Gasteiger partial charge in [-0.15, -0.1) is 11.3 Å². The molecule has 1 heterocycles. The van der Waals surface area contributed by atoms with Crippen molar-refractivity contribution < 1.29 is 5.11 Å². The molecule has 0 aliphatic heterocycles. The van der Waals surface area contributed by atoms with Gasteiger partial charge in [-0.05, 0) is 30.3 Å². The Bertz CT molecular complexity index is 773. The van der Waals surface area contributed by atoms with Gasteiger partial charge in [-0.1, -0.05) is 23.2 Å². The van der Waals surface area contributed by atoms with Crippen LogP contribution < -0.4 is 5.32 Å². The van der Waals surface area contributed by atoms with E-state index in [0.717, 1.165) is 15.9 Å². The number of hydrogen-bond donors (Lipinski definition) is 2. The second-order valence-electron chi connectivity index (χ2n) is 4.25. The summed E-state index contributed by atoms with van der Waals surface area (Å²) < 4.78 is 1.06. The number of anilines is 1. The van der Waals surface area contributed by atoms with Crippen molar-refractivity contribution in [1.29, 1.82) is 0 Å². The fraction of sp³-hybridized carbons (Fsp3) is 0.0714. The number of aromatic nitrogens is 1. The molecule has 3 rings (SSSR count). The van der Waals surface area contributed by atoms with Crippen molar-refractivity contribution in [2.45, 2.75) is 6.54 Å². The van der Waals surface area contributed by atoms with Crippen LogP contribution in [0.2, 0.25) is 10.0 Å². The highest BCUT2D eigenvalue weighted by molar-refractivity contribution is 7.16. The van der Waals surface area contributed by atoms with Gasteiger partial charge in [0.15, 0.2) is 0 Å². The minimum absolute atomic E-state index is 0.198. The van der Waals surface area contributed by atoms with E-state index in [4.69, 9.17) is 23.2 Å². The number of benzene rings is 2. The molecule has 3 nitrogen and oxygen atoms in total. The molecule has 0 aliphatic rings. The van der Waals surface area contributed by atoms with Gasteiger partial charge >= 0.3 is 0 Å². The van der Waals surface area contributed by atoms with Crippen LogP contribution in [0.4, 0.5) is 5.69 Å². The molecular weight excluding hydrogens is 315 g/mol. The molecule has 20 heavy (non-hydrogen) atoms. The fourth-order valence-electron chi connectivity index (χ4n) is 1.95. The summed E-state index contributed by atoms with van der Waals surface area (Å²) in [6.45, 7) is 0.419. The summed E-state index contributed by atoms with van der Waals surface area (Å²) >= 11 is 13.7. The molecule has 0 saturated heterocycles. The molecular formula is C14H10Cl2N2OS. The molecule has 0 amide bonds. The Hall–Kier alpha value is -1.49. The Kier molecular flexibility index (Phi) is 3.70. The first-order valence-electron chi connectivity index (χ1n) is 5.88. The van der Waals surface area contributed by atoms with E-state index >= 15 is 0 Å². The largest absolute Gasteiger partial charge is 0.508 e. The zero-order valence-electron chi connectivity index (χ0n) is 10.2. The van der Waals surface area contributed by atoms with Gasteiger partial charge in [-0.25, -0.2) is 4.98 Å². The molecule has 102 valence electrons. The number of thiazole rings is 1. The molecule has 0 radical (unpaired) electrons. The van der Waals surface area contributed by atoms with E-state index in [9.17, 15) is 5.11 Å². The van der Waals surface area contributed by atoms with Gasteiger partial charge in [0.1, 0.15) is 11.3 Å². The van der Waals surface area contributed by atoms with E-state index in [-0.39, 0.29) is 5.75 Å². The standard InChI is InChI=1S/C14H10Cl2N2OS/c15-9-1-3-11(19)8(5-9)6-17-13-10(16)2-4-12-14(13)18-7-20-12/h1-5,7,17,19H,6H2. The van der Waals surface area contributed by atoms with Crippen molar-refractivity contribution in [2.75, 3.05) is 5.32 Å². The SMILES string of the molecule is Oc1ccc(Cl)cc1CNc1c(Cl)ccc2scnc12. The lowest BCUT2D eigenvalue weighted by atomic mass is 10.2. The van der Waals surface area contributed by atoms with Crippen molar-refractivity contribution in [3.63, 3.8) is 0 Å². The van der Waals surface area contributed by atoms with Crippen LogP contribution in [0.15, 0.2) is 35.8 Å². The second kappa shape index (κ2) is 5.48. The summed E-state index contributed by atoms with van der Waals surface area (Å²) in [5.74, 6) is 0.198. The zero-order valence-corrected chi connectivity index (χ0v) is 12.6. The highest BCUT2D eigenvalue weighted by atomic mass is 35.5. The van der Waals surface area contributed by atoms with Crippen molar-refractivity contribution in [3.8, 4) is 5.75 Å². The number of phenolic OH excluding ortho intramolecular Hbond substituents is 1. The van der Waals surface area contributed by atoms with Crippen molar-refractivity contribution in [3.05, 3.63) is 51.5 Å². The van der Waals surface area contributed by atoms with Crippen LogP contribution in [0, 0.1) is 0 Å². The van der Waals surface area contributed by atoms with Gasteiger partial charge in [-0.2, -0.15) is 0 Å². The van der Waals surface area contributed by atoms with Crippen molar-refractivity contribution in [1.82, 2.24) is 4.98 Å². The summed E-state index contributed by atoms with van der Waals surface area (Å²) in [4.78, 5) is 4.31. The topological polar surface area (TPSA) is 45.1 Å². The molecule has 2 aromatic carbocycles. The van der Waals surface area contributed by atoms with E-state index in [0.29, 0.717) is 22.2 Å². The van der Waals surface area contributed by atoms with Gasteiger partial charge in [0, 0.05) is 17.1 Å². The minimum atomic E-state index is 0.198. The number of rotatable bonds is 3. The van der Waals surface area contributed by atoms with Crippen LogP contribution in [0.1, 0.15) is 5.56 Å². The van der Waals surface area contributed by atoms with Gasteiger partial charge in [-0.3, -0.25) is 0 Å². The lowest BCUT2D eigenvalue weighted by Gasteiger charge is -2.10. The Labute approximate surface area is 129 Å².